The van der Waals surface area contributed by atoms with Gasteiger partial charge in [0.2, 0.25) is 5.91 Å². The molecule has 0 bridgehead atoms. The molecule has 24 heavy (non-hydrogen) atoms. The normalized spacial score (nSPS) is 15.8. The minimum atomic E-state index is -0.0939. The number of ether oxygens (including phenoxy) is 1. The van der Waals surface area contributed by atoms with Gasteiger partial charge >= 0.3 is 0 Å². The molecular formula is C17H29Cl2N3O2. The smallest absolute Gasteiger partial charge is 0.241 e. The molecule has 1 aliphatic heterocycles. The fourth-order valence-electron chi connectivity index (χ4n) is 3.12. The molecule has 3 N–H and O–H groups in total. The van der Waals surface area contributed by atoms with Crippen molar-refractivity contribution < 1.29 is 9.53 Å². The number of piperidine rings is 1. The summed E-state index contributed by atoms with van der Waals surface area (Å²) >= 11 is 0. The topological polar surface area (TPSA) is 67.6 Å². The predicted octanol–water partition coefficient (Wildman–Crippen LogP) is 3.57. The van der Waals surface area contributed by atoms with E-state index < -0.39 is 0 Å². The Morgan fingerprint density at radius 2 is 1.83 bits per heavy atom. The van der Waals surface area contributed by atoms with Crippen molar-refractivity contribution >= 4 is 42.1 Å². The van der Waals surface area contributed by atoms with Crippen molar-refractivity contribution in [3.05, 3.63) is 18.2 Å². The summed E-state index contributed by atoms with van der Waals surface area (Å²) in [7, 11) is 1.58. The number of hydrogen-bond donors (Lipinski definition) is 2. The van der Waals surface area contributed by atoms with E-state index in [4.69, 9.17) is 10.5 Å². The van der Waals surface area contributed by atoms with Gasteiger partial charge in [-0.3, -0.25) is 9.69 Å². The number of carbonyl (C=O) groups excluding carboxylic acids is 1. The molecule has 1 heterocycles. The van der Waals surface area contributed by atoms with Crippen molar-refractivity contribution in [2.75, 3.05) is 31.2 Å². The molecule has 0 radical (unpaired) electrons. The predicted molar refractivity (Wildman–Crippen MR) is 105 cm³/mol. The molecule has 1 fully saturated rings. The number of anilines is 2. The van der Waals surface area contributed by atoms with Gasteiger partial charge in [-0.05, 0) is 50.0 Å². The van der Waals surface area contributed by atoms with Crippen LogP contribution < -0.4 is 15.8 Å². The molecule has 1 aromatic rings. The Labute approximate surface area is 157 Å². The lowest BCUT2D eigenvalue weighted by atomic mass is 9.98. The number of benzene rings is 1. The zero-order valence-corrected chi connectivity index (χ0v) is 16.2. The summed E-state index contributed by atoms with van der Waals surface area (Å²) in [5.74, 6) is 0.935. The highest BCUT2D eigenvalue weighted by Gasteiger charge is 2.29. The highest BCUT2D eigenvalue weighted by atomic mass is 35.5. The summed E-state index contributed by atoms with van der Waals surface area (Å²) in [5, 5.41) is 3.00. The number of methoxy groups -OCH3 is 1. The van der Waals surface area contributed by atoms with Crippen molar-refractivity contribution in [2.45, 2.75) is 39.2 Å². The van der Waals surface area contributed by atoms with Crippen LogP contribution >= 0.6 is 24.8 Å². The maximum atomic E-state index is 12.7. The molecule has 0 aliphatic carbocycles. The van der Waals surface area contributed by atoms with E-state index in [1.807, 2.05) is 6.07 Å². The lowest BCUT2D eigenvalue weighted by Crippen LogP contribution is -2.49. The molecule has 1 atom stereocenters. The Balaban J connectivity index is 0.00000264. The first-order chi connectivity index (χ1) is 10.5. The van der Waals surface area contributed by atoms with E-state index >= 15 is 0 Å². The molecule has 2 rings (SSSR count). The van der Waals surface area contributed by atoms with Gasteiger partial charge in [0.05, 0.1) is 18.8 Å². The number of nitrogen functional groups attached to an aromatic ring is 1. The first-order valence-electron chi connectivity index (χ1n) is 8.01. The van der Waals surface area contributed by atoms with Gasteiger partial charge in [0.1, 0.15) is 5.75 Å². The van der Waals surface area contributed by atoms with Crippen LogP contribution in [-0.2, 0) is 4.79 Å². The van der Waals surface area contributed by atoms with Crippen molar-refractivity contribution in [1.29, 1.82) is 0 Å². The average molecular weight is 378 g/mol. The van der Waals surface area contributed by atoms with E-state index in [9.17, 15) is 4.79 Å². The number of hydrogen-bond acceptors (Lipinski definition) is 4. The molecule has 0 spiro atoms. The quantitative estimate of drug-likeness (QED) is 0.769. The summed E-state index contributed by atoms with van der Waals surface area (Å²) in [4.78, 5) is 15.0. The molecule has 1 unspecified atom stereocenters. The van der Waals surface area contributed by atoms with E-state index in [0.717, 1.165) is 13.1 Å². The van der Waals surface area contributed by atoms with Crippen LogP contribution in [0.1, 0.15) is 33.1 Å². The number of nitrogens with zero attached hydrogens (tertiary/aromatic N) is 1. The summed E-state index contributed by atoms with van der Waals surface area (Å²) < 4.78 is 5.14. The summed E-state index contributed by atoms with van der Waals surface area (Å²) in [6.45, 7) is 6.20. The first kappa shape index (κ1) is 22.8. The van der Waals surface area contributed by atoms with Crippen LogP contribution in [0.4, 0.5) is 11.4 Å². The van der Waals surface area contributed by atoms with Crippen molar-refractivity contribution in [2.24, 2.45) is 5.92 Å². The molecular weight excluding hydrogens is 349 g/mol. The van der Waals surface area contributed by atoms with E-state index in [1.165, 1.54) is 19.3 Å². The van der Waals surface area contributed by atoms with Crippen LogP contribution in [0.15, 0.2) is 18.2 Å². The van der Waals surface area contributed by atoms with Gasteiger partial charge in [-0.1, -0.05) is 20.3 Å². The Hall–Kier alpha value is -1.17. The van der Waals surface area contributed by atoms with Crippen molar-refractivity contribution in [1.82, 2.24) is 4.90 Å². The van der Waals surface area contributed by atoms with E-state index in [0.29, 0.717) is 17.1 Å². The van der Waals surface area contributed by atoms with Gasteiger partial charge in [-0.2, -0.15) is 0 Å². The van der Waals surface area contributed by atoms with Crippen LogP contribution in [-0.4, -0.2) is 37.0 Å². The lowest BCUT2D eigenvalue weighted by Gasteiger charge is -2.35. The molecule has 0 saturated carbocycles. The second-order valence-electron chi connectivity index (χ2n) is 6.23. The number of nitrogens with one attached hydrogen (secondary N) is 1. The molecule has 0 aromatic heterocycles. The van der Waals surface area contributed by atoms with Crippen LogP contribution in [0.3, 0.4) is 0 Å². The van der Waals surface area contributed by atoms with Gasteiger partial charge in [0.25, 0.3) is 0 Å². The molecule has 1 saturated heterocycles. The van der Waals surface area contributed by atoms with Crippen LogP contribution in [0, 0.1) is 5.92 Å². The molecule has 1 amide bonds. The summed E-state index contributed by atoms with van der Waals surface area (Å²) in [5.41, 5.74) is 7.14. The fourth-order valence-corrected chi connectivity index (χ4v) is 3.12. The zero-order valence-electron chi connectivity index (χ0n) is 14.6. The minimum absolute atomic E-state index is 0. The fraction of sp³-hybridized carbons (Fsp3) is 0.588. The Morgan fingerprint density at radius 1 is 1.21 bits per heavy atom. The Kier molecular flexibility index (Phi) is 10.1. The highest BCUT2D eigenvalue weighted by Crippen LogP contribution is 2.25. The van der Waals surface area contributed by atoms with Gasteiger partial charge in [-0.25, -0.2) is 0 Å². The van der Waals surface area contributed by atoms with E-state index in [1.54, 1.807) is 19.2 Å². The van der Waals surface area contributed by atoms with Gasteiger partial charge in [0.15, 0.2) is 0 Å². The monoisotopic (exact) mass is 377 g/mol. The van der Waals surface area contributed by atoms with Crippen molar-refractivity contribution in [3.8, 4) is 5.75 Å². The van der Waals surface area contributed by atoms with Crippen molar-refractivity contribution in [3.63, 3.8) is 0 Å². The first-order valence-corrected chi connectivity index (χ1v) is 8.01. The second-order valence-corrected chi connectivity index (χ2v) is 6.23. The summed E-state index contributed by atoms with van der Waals surface area (Å²) in [6.07, 6.45) is 3.61. The standard InChI is InChI=1S/C17H27N3O2.2ClH/c1-12(2)16(20-9-5-4-6-10-20)17(21)19-13-7-8-15(22-3)14(18)11-13;;/h7-8,11-12,16H,4-6,9-10,18H2,1-3H3,(H,19,21);2*1H. The number of amides is 1. The van der Waals surface area contributed by atoms with E-state index in [-0.39, 0.29) is 42.7 Å². The molecule has 138 valence electrons. The molecule has 1 aromatic carbocycles. The van der Waals surface area contributed by atoms with Gasteiger partial charge < -0.3 is 15.8 Å². The van der Waals surface area contributed by atoms with Crippen LogP contribution in [0.5, 0.6) is 5.75 Å². The number of likely N-dealkylation sites (tertiary alicyclic amines) is 1. The Morgan fingerprint density at radius 3 is 2.33 bits per heavy atom. The largest absolute Gasteiger partial charge is 0.495 e. The third-order valence-electron chi connectivity index (χ3n) is 4.18. The number of rotatable bonds is 5. The molecule has 1 aliphatic rings. The third-order valence-corrected chi connectivity index (χ3v) is 4.18. The second kappa shape index (κ2) is 10.6. The van der Waals surface area contributed by atoms with Gasteiger partial charge in [-0.15, -0.1) is 24.8 Å². The average Bonchev–Trinajstić information content (AvgIpc) is 2.48. The third kappa shape index (κ3) is 5.72. The lowest BCUT2D eigenvalue weighted by molar-refractivity contribution is -0.123. The summed E-state index contributed by atoms with van der Waals surface area (Å²) in [6, 6.07) is 5.24. The van der Waals surface area contributed by atoms with Crippen LogP contribution in [0.25, 0.3) is 0 Å². The van der Waals surface area contributed by atoms with Gasteiger partial charge in [0, 0.05) is 5.69 Å². The highest BCUT2D eigenvalue weighted by molar-refractivity contribution is 5.95. The number of carbonyl (C=O) groups is 1. The molecule has 7 heteroatoms. The zero-order chi connectivity index (χ0) is 16.1. The maximum Gasteiger partial charge on any atom is 0.241 e. The molecule has 5 nitrogen and oxygen atoms in total. The van der Waals surface area contributed by atoms with Crippen LogP contribution in [0.2, 0.25) is 0 Å². The van der Waals surface area contributed by atoms with E-state index in [2.05, 4.69) is 24.1 Å². The maximum absolute atomic E-state index is 12.7. The Bertz CT molecular complexity index is 521. The number of halogens is 2. The number of nitrogens with two attached hydrogens (primary N) is 1. The minimum Gasteiger partial charge on any atom is -0.495 e. The SMILES string of the molecule is COc1ccc(NC(=O)C(C(C)C)N2CCCCC2)cc1N.Cl.Cl.